The van der Waals surface area contributed by atoms with Crippen molar-refractivity contribution < 1.29 is 24.5 Å². The van der Waals surface area contributed by atoms with Crippen LogP contribution in [0, 0.1) is 5.92 Å². The van der Waals surface area contributed by atoms with Gasteiger partial charge < -0.3 is 34.9 Å². The smallest absolute Gasteiger partial charge is 0.253 e. The van der Waals surface area contributed by atoms with E-state index in [1.165, 1.54) is 11.8 Å². The Hall–Kier alpha value is -3.03. The summed E-state index contributed by atoms with van der Waals surface area (Å²) in [6.07, 6.45) is 2.94. The molecule has 4 aliphatic rings. The number of piperidine rings is 1. The fourth-order valence-electron chi connectivity index (χ4n) is 4.43. The summed E-state index contributed by atoms with van der Waals surface area (Å²) >= 11 is 1.45. The number of aromatic nitrogens is 4. The number of fused-ring (bicyclic) bond motifs is 2. The van der Waals surface area contributed by atoms with Crippen molar-refractivity contribution in [1.29, 1.82) is 0 Å². The van der Waals surface area contributed by atoms with Crippen molar-refractivity contribution in [2.24, 2.45) is 5.92 Å². The standard InChI is InChI=1S/C22H27BN6O5S/c23-13-7-15-16(34-11-33-15)8-17(13)35-22-26-18-19(24)25-10-29(20(18)27-22)6-3-12-1-4-28(5-2-12)21(32)14(31)9-30/h7-8,10,12,14,30-31H,1-6,9,11,23-24H2/t14-/m0/s1. The molecule has 0 radical (unpaired) electrons. The van der Waals surface area contributed by atoms with Gasteiger partial charge in [-0.15, -0.1) is 0 Å². The molecular weight excluding hydrogens is 471 g/mol. The van der Waals surface area contributed by atoms with Gasteiger partial charge in [0.2, 0.25) is 6.79 Å². The average Bonchev–Trinajstić information content (AvgIpc) is 3.50. The Labute approximate surface area is 207 Å². The molecule has 4 aliphatic heterocycles. The van der Waals surface area contributed by atoms with Crippen LogP contribution in [0.2, 0.25) is 0 Å². The number of hydrogen-bond acceptors (Lipinski definition) is 10. The van der Waals surface area contributed by atoms with E-state index in [0.717, 1.165) is 35.4 Å². The van der Waals surface area contributed by atoms with Crippen LogP contribution in [-0.2, 0) is 11.3 Å². The number of hydrogen-bond donors (Lipinski definition) is 3. The van der Waals surface area contributed by atoms with E-state index in [4.69, 9.17) is 25.3 Å². The average molecular weight is 498 g/mol. The van der Waals surface area contributed by atoms with Crippen LogP contribution in [0.4, 0.5) is 5.82 Å². The highest BCUT2D eigenvalue weighted by Crippen LogP contribution is 2.37. The van der Waals surface area contributed by atoms with Crippen LogP contribution < -0.4 is 20.7 Å². The molecule has 1 fully saturated rings. The van der Waals surface area contributed by atoms with E-state index >= 15 is 0 Å². The van der Waals surface area contributed by atoms with Gasteiger partial charge in [-0.3, -0.25) is 4.79 Å². The van der Waals surface area contributed by atoms with E-state index in [9.17, 15) is 9.90 Å². The molecule has 0 unspecified atom stereocenters. The number of rotatable bonds is 7. The van der Waals surface area contributed by atoms with Crippen LogP contribution >= 0.6 is 11.8 Å². The van der Waals surface area contributed by atoms with Crippen molar-refractivity contribution in [2.45, 2.75) is 42.0 Å². The normalized spacial score (nSPS) is 16.7. The fraction of sp³-hybridized carbons (Fsp3) is 0.455. The van der Waals surface area contributed by atoms with Gasteiger partial charge in [0.25, 0.3) is 5.91 Å². The summed E-state index contributed by atoms with van der Waals surface area (Å²) in [7, 11) is 2.01. The molecule has 35 heavy (non-hydrogen) atoms. The molecule has 0 aliphatic carbocycles. The Kier molecular flexibility index (Phi) is 6.72. The number of carbonyl (C=O) groups excluding carboxylic acids is 1. The molecule has 0 bridgehead atoms. The summed E-state index contributed by atoms with van der Waals surface area (Å²) in [6.45, 7) is 1.53. The number of nitrogen functional groups attached to an aromatic ring is 1. The number of carbonyl (C=O) groups is 1. The zero-order valence-electron chi connectivity index (χ0n) is 19.4. The lowest BCUT2D eigenvalue weighted by Gasteiger charge is -2.33. The predicted molar refractivity (Wildman–Crippen MR) is 131 cm³/mol. The summed E-state index contributed by atoms with van der Waals surface area (Å²) in [5, 5.41) is 19.2. The molecule has 1 aromatic carbocycles. The number of aryl methyl sites for hydroxylation is 1. The minimum atomic E-state index is -1.33. The van der Waals surface area contributed by atoms with E-state index in [1.807, 2.05) is 24.5 Å². The second-order valence-corrected chi connectivity index (χ2v) is 9.84. The van der Waals surface area contributed by atoms with Crippen LogP contribution in [0.15, 0.2) is 28.5 Å². The monoisotopic (exact) mass is 498 g/mol. The molecular formula is C22H27BN6O5S. The van der Waals surface area contributed by atoms with Gasteiger partial charge in [-0.1, -0.05) is 17.2 Å². The quantitative estimate of drug-likeness (QED) is 0.364. The van der Waals surface area contributed by atoms with Crippen molar-refractivity contribution in [3.63, 3.8) is 0 Å². The van der Waals surface area contributed by atoms with Crippen molar-refractivity contribution in [3.05, 3.63) is 18.5 Å². The highest BCUT2D eigenvalue weighted by molar-refractivity contribution is 7.99. The highest BCUT2D eigenvalue weighted by atomic mass is 32.2. The Morgan fingerprint density at radius 1 is 1.26 bits per heavy atom. The third-order valence-corrected chi connectivity index (χ3v) is 7.53. The summed E-state index contributed by atoms with van der Waals surface area (Å²) < 4.78 is 12.9. The predicted octanol–water partition coefficient (Wildman–Crippen LogP) is -0.520. The number of aliphatic hydroxyl groups is 2. The van der Waals surface area contributed by atoms with Crippen LogP contribution in [-0.4, -0.2) is 81.0 Å². The number of ether oxygens (including phenoxy) is 2. The highest BCUT2D eigenvalue weighted by Gasteiger charge is 2.27. The molecule has 4 heterocycles. The zero-order valence-corrected chi connectivity index (χ0v) is 20.2. The first kappa shape index (κ1) is 23.7. The lowest BCUT2D eigenvalue weighted by Crippen LogP contribution is -2.45. The molecule has 1 saturated heterocycles. The first-order valence-electron chi connectivity index (χ1n) is 11.6. The Bertz CT molecular complexity index is 1200. The molecule has 4 N–H and O–H groups in total. The lowest BCUT2D eigenvalue weighted by molar-refractivity contribution is -0.143. The van der Waals surface area contributed by atoms with Gasteiger partial charge in [-0.2, -0.15) is 0 Å². The minimum Gasteiger partial charge on any atom is -0.454 e. The Morgan fingerprint density at radius 3 is 2.74 bits per heavy atom. The summed E-state index contributed by atoms with van der Waals surface area (Å²) in [4.78, 5) is 28.4. The van der Waals surface area contributed by atoms with Crippen molar-refractivity contribution in [2.75, 3.05) is 32.2 Å². The number of nitrogens with zero attached hydrogens (tertiary/aromatic N) is 5. The second kappa shape index (κ2) is 9.92. The van der Waals surface area contributed by atoms with Gasteiger partial charge in [0.15, 0.2) is 40.1 Å². The largest absolute Gasteiger partial charge is 0.454 e. The number of benzene rings is 1. The molecule has 0 aromatic heterocycles. The first-order chi connectivity index (χ1) is 16.9. The molecule has 1 atom stereocenters. The molecule has 0 spiro atoms. The zero-order chi connectivity index (χ0) is 24.5. The summed E-state index contributed by atoms with van der Waals surface area (Å²) in [5.74, 6) is 2.51. The molecule has 13 heteroatoms. The summed E-state index contributed by atoms with van der Waals surface area (Å²) in [6, 6.07) is 3.89. The first-order valence-corrected chi connectivity index (χ1v) is 12.4. The van der Waals surface area contributed by atoms with Crippen LogP contribution in [0.25, 0.3) is 11.5 Å². The number of imidazole rings is 1. The maximum atomic E-state index is 12.1. The molecule has 1 aromatic rings. The van der Waals surface area contributed by atoms with Gasteiger partial charge in [0, 0.05) is 24.5 Å². The van der Waals surface area contributed by atoms with Crippen molar-refractivity contribution in [3.8, 4) is 23.0 Å². The fourth-order valence-corrected chi connectivity index (χ4v) is 5.28. The third kappa shape index (κ3) is 4.88. The topological polar surface area (TPSA) is 149 Å². The van der Waals surface area contributed by atoms with E-state index in [-0.39, 0.29) is 6.79 Å². The summed E-state index contributed by atoms with van der Waals surface area (Å²) in [5.41, 5.74) is 7.73. The van der Waals surface area contributed by atoms with Gasteiger partial charge in [0.1, 0.15) is 7.85 Å². The van der Waals surface area contributed by atoms with Gasteiger partial charge in [-0.05, 0) is 37.3 Å². The maximum absolute atomic E-state index is 12.1. The SMILES string of the molecule is Bc1cc2c(cc1Sc1nc3c(N)ncn(CCC4CCN(C(=O)[C@@H](O)CO)CC4)c-3n1)OCO2. The third-order valence-electron chi connectivity index (χ3n) is 6.51. The molecule has 5 rings (SSSR count). The van der Waals surface area contributed by atoms with Crippen LogP contribution in [0.3, 0.4) is 0 Å². The van der Waals surface area contributed by atoms with Crippen molar-refractivity contribution in [1.82, 2.24) is 24.4 Å². The second-order valence-electron chi connectivity index (χ2n) is 8.83. The number of nitrogens with two attached hydrogens (primary N) is 1. The number of aliphatic hydroxyl groups excluding tert-OH is 2. The molecule has 0 saturated carbocycles. The number of likely N-dealkylation sites (tertiary alicyclic amines) is 1. The van der Waals surface area contributed by atoms with E-state index in [2.05, 4.69) is 9.97 Å². The maximum Gasteiger partial charge on any atom is 0.253 e. The molecule has 1 amide bonds. The van der Waals surface area contributed by atoms with Gasteiger partial charge >= 0.3 is 0 Å². The van der Waals surface area contributed by atoms with Gasteiger partial charge in [-0.25, -0.2) is 15.0 Å². The molecule has 11 nitrogen and oxygen atoms in total. The minimum absolute atomic E-state index is 0.224. The van der Waals surface area contributed by atoms with Crippen LogP contribution in [0.1, 0.15) is 19.3 Å². The van der Waals surface area contributed by atoms with Crippen molar-refractivity contribution >= 4 is 36.8 Å². The number of amides is 1. The lowest BCUT2D eigenvalue weighted by atomic mass is 9.93. The molecule has 184 valence electrons. The Balaban J connectivity index is 1.26. The van der Waals surface area contributed by atoms with E-state index in [0.29, 0.717) is 53.8 Å². The van der Waals surface area contributed by atoms with Gasteiger partial charge in [0.05, 0.1) is 12.9 Å². The number of anilines is 1. The Morgan fingerprint density at radius 2 is 2.00 bits per heavy atom. The van der Waals surface area contributed by atoms with Crippen LogP contribution in [0.5, 0.6) is 11.5 Å². The van der Waals surface area contributed by atoms with E-state index in [1.54, 1.807) is 11.2 Å². The van der Waals surface area contributed by atoms with E-state index < -0.39 is 18.6 Å².